The van der Waals surface area contributed by atoms with E-state index >= 15 is 0 Å². The Morgan fingerprint density at radius 3 is 2.79 bits per heavy atom. The molecule has 1 unspecified atom stereocenters. The van der Waals surface area contributed by atoms with Crippen LogP contribution < -0.4 is 15.9 Å². The van der Waals surface area contributed by atoms with E-state index in [0.29, 0.717) is 22.3 Å². The molecular formula is C14H17BN3O5S. The third kappa shape index (κ3) is 4.43. The molecule has 1 aromatic carbocycles. The van der Waals surface area contributed by atoms with E-state index in [0.717, 1.165) is 18.8 Å². The zero-order valence-corrected chi connectivity index (χ0v) is 14.0. The van der Waals surface area contributed by atoms with E-state index in [4.69, 9.17) is 15.2 Å². The summed E-state index contributed by atoms with van der Waals surface area (Å²) in [5.74, 6) is -0.117. The van der Waals surface area contributed by atoms with E-state index < -0.39 is 12.1 Å². The van der Waals surface area contributed by atoms with E-state index in [-0.39, 0.29) is 23.4 Å². The second-order valence-electron chi connectivity index (χ2n) is 4.91. The van der Waals surface area contributed by atoms with Crippen molar-refractivity contribution >= 4 is 35.4 Å². The molecule has 1 aromatic heterocycles. The summed E-state index contributed by atoms with van der Waals surface area (Å²) in [5, 5.41) is 27.7. The van der Waals surface area contributed by atoms with Crippen molar-refractivity contribution in [2.24, 2.45) is 0 Å². The lowest BCUT2D eigenvalue weighted by Crippen LogP contribution is -2.24. The second kappa shape index (κ2) is 8.09. The van der Waals surface area contributed by atoms with Gasteiger partial charge >= 0.3 is 18.6 Å². The number of hydrogen-bond acceptors (Lipinski definition) is 9. The van der Waals surface area contributed by atoms with E-state index in [1.807, 2.05) is 0 Å². The van der Waals surface area contributed by atoms with Gasteiger partial charge in [0.05, 0.1) is 19.1 Å². The number of benzene rings is 1. The minimum atomic E-state index is -1.10. The Hall–Kier alpha value is -2.17. The summed E-state index contributed by atoms with van der Waals surface area (Å²) in [6.45, 7) is 3.66. The van der Waals surface area contributed by atoms with Gasteiger partial charge in [0.1, 0.15) is 5.75 Å². The number of anilines is 1. The van der Waals surface area contributed by atoms with Gasteiger partial charge in [0.2, 0.25) is 5.13 Å². The molecule has 2 rings (SSSR count). The van der Waals surface area contributed by atoms with Gasteiger partial charge in [0, 0.05) is 0 Å². The number of carbonyl (C=O) groups excluding carboxylic acids is 1. The van der Waals surface area contributed by atoms with Crippen molar-refractivity contribution in [2.45, 2.75) is 26.4 Å². The van der Waals surface area contributed by atoms with E-state index in [1.54, 1.807) is 19.9 Å². The van der Waals surface area contributed by atoms with Gasteiger partial charge in [-0.2, -0.15) is 0 Å². The summed E-state index contributed by atoms with van der Waals surface area (Å²) < 4.78 is 10.4. The van der Waals surface area contributed by atoms with Crippen molar-refractivity contribution in [3.8, 4) is 10.9 Å². The average Bonchev–Trinajstić information content (AvgIpc) is 2.91. The number of nitrogens with zero attached hydrogens (tertiary/aromatic N) is 2. The summed E-state index contributed by atoms with van der Waals surface area (Å²) in [7, 11) is 0.845. The lowest BCUT2D eigenvalue weighted by molar-refractivity contribution is -0.145. The number of carbonyl (C=O) groups is 1. The first-order valence-corrected chi connectivity index (χ1v) is 7.98. The highest BCUT2D eigenvalue weighted by atomic mass is 32.1. The van der Waals surface area contributed by atoms with Gasteiger partial charge in [-0.25, -0.2) is 0 Å². The Morgan fingerprint density at radius 2 is 2.21 bits per heavy atom. The van der Waals surface area contributed by atoms with Crippen LogP contribution in [0.1, 0.15) is 30.6 Å². The van der Waals surface area contributed by atoms with E-state index in [9.17, 15) is 14.9 Å². The molecule has 0 saturated carbocycles. The monoisotopic (exact) mass is 350 g/mol. The molecule has 2 aromatic rings. The van der Waals surface area contributed by atoms with Crippen LogP contribution in [0.15, 0.2) is 12.1 Å². The molecule has 0 aliphatic rings. The van der Waals surface area contributed by atoms with Crippen LogP contribution >= 0.6 is 11.3 Å². The van der Waals surface area contributed by atoms with Gasteiger partial charge in [0.25, 0.3) is 0 Å². The third-order valence-electron chi connectivity index (χ3n) is 3.16. The van der Waals surface area contributed by atoms with Crippen molar-refractivity contribution in [3.05, 3.63) is 23.3 Å². The quantitative estimate of drug-likeness (QED) is 0.485. The molecule has 10 heteroatoms. The third-order valence-corrected chi connectivity index (χ3v) is 3.79. The summed E-state index contributed by atoms with van der Waals surface area (Å²) in [4.78, 5) is 11.5. The molecule has 8 nitrogen and oxygen atoms in total. The lowest BCUT2D eigenvalue weighted by atomic mass is 9.79. The molecule has 1 heterocycles. The molecule has 1 atom stereocenters. The number of rotatable bonds is 7. The summed E-state index contributed by atoms with van der Waals surface area (Å²) in [6.07, 6.45) is -1.31. The SMILES string of the molecule is CCOC(=O)CC(O)c1c(C)cc(Oc2nnc(N)s2)cc1[B]O. The number of esters is 1. The molecule has 0 aliphatic carbocycles. The standard InChI is InChI=1S/C14H17BN3O5S/c1-3-22-11(20)6-10(19)12-7(2)4-8(5-9(12)15-21)23-14-18-17-13(16)24-14/h4-5,10,19,21H,3,6H2,1-2H3,(H2,16,17). The molecule has 0 fully saturated rings. The number of aryl methyl sites for hydroxylation is 1. The Bertz CT molecular complexity index is 724. The summed E-state index contributed by atoms with van der Waals surface area (Å²) in [5.41, 5.74) is 6.89. The molecule has 24 heavy (non-hydrogen) atoms. The number of nitrogen functional groups attached to an aromatic ring is 1. The molecule has 1 radical (unpaired) electrons. The Labute approximate surface area is 143 Å². The predicted molar refractivity (Wildman–Crippen MR) is 89.4 cm³/mol. The highest BCUT2D eigenvalue weighted by Crippen LogP contribution is 2.28. The van der Waals surface area contributed by atoms with Crippen molar-refractivity contribution in [3.63, 3.8) is 0 Å². The van der Waals surface area contributed by atoms with Crippen LogP contribution in [0, 0.1) is 6.92 Å². The van der Waals surface area contributed by atoms with Gasteiger partial charge in [-0.05, 0) is 53.9 Å². The maximum atomic E-state index is 11.5. The van der Waals surface area contributed by atoms with E-state index in [2.05, 4.69) is 10.2 Å². The van der Waals surface area contributed by atoms with Crippen LogP contribution in [-0.4, -0.2) is 40.4 Å². The zero-order chi connectivity index (χ0) is 17.7. The number of aromatic nitrogens is 2. The molecule has 0 bridgehead atoms. The van der Waals surface area contributed by atoms with Crippen molar-refractivity contribution < 1.29 is 24.4 Å². The molecule has 4 N–H and O–H groups in total. The fraction of sp³-hybridized carbons (Fsp3) is 0.357. The van der Waals surface area contributed by atoms with Gasteiger partial charge in [0.15, 0.2) is 0 Å². The van der Waals surface area contributed by atoms with Crippen molar-refractivity contribution in [1.29, 1.82) is 0 Å². The molecule has 0 saturated heterocycles. The summed E-state index contributed by atoms with van der Waals surface area (Å²) in [6, 6.07) is 3.18. The normalized spacial score (nSPS) is 11.8. The Kier molecular flexibility index (Phi) is 6.13. The minimum Gasteiger partial charge on any atom is -0.466 e. The maximum Gasteiger partial charge on any atom is 0.327 e. The fourth-order valence-corrected chi connectivity index (χ4v) is 2.73. The largest absolute Gasteiger partial charge is 0.466 e. The van der Waals surface area contributed by atoms with Crippen LogP contribution in [0.4, 0.5) is 5.13 Å². The molecular weight excluding hydrogens is 333 g/mol. The number of ether oxygens (including phenoxy) is 2. The molecule has 127 valence electrons. The van der Waals surface area contributed by atoms with Gasteiger partial charge in [-0.15, -0.1) is 5.10 Å². The van der Waals surface area contributed by atoms with Crippen LogP contribution in [0.5, 0.6) is 10.9 Å². The van der Waals surface area contributed by atoms with Crippen LogP contribution in [0.25, 0.3) is 0 Å². The van der Waals surface area contributed by atoms with Gasteiger partial charge in [-0.3, -0.25) is 4.79 Å². The molecule has 0 spiro atoms. The maximum absolute atomic E-state index is 11.5. The fourth-order valence-electron chi connectivity index (χ4n) is 2.25. The van der Waals surface area contributed by atoms with Crippen molar-refractivity contribution in [2.75, 3.05) is 12.3 Å². The lowest BCUT2D eigenvalue weighted by Gasteiger charge is -2.18. The zero-order valence-electron chi connectivity index (χ0n) is 13.2. The van der Waals surface area contributed by atoms with Crippen LogP contribution in [0.2, 0.25) is 0 Å². The van der Waals surface area contributed by atoms with Crippen LogP contribution in [-0.2, 0) is 9.53 Å². The Morgan fingerprint density at radius 1 is 1.46 bits per heavy atom. The minimum absolute atomic E-state index is 0.206. The highest BCUT2D eigenvalue weighted by Gasteiger charge is 2.21. The number of nitrogens with two attached hydrogens (primary N) is 1. The van der Waals surface area contributed by atoms with Crippen molar-refractivity contribution in [1.82, 2.24) is 10.2 Å². The summed E-state index contributed by atoms with van der Waals surface area (Å²) >= 11 is 1.08. The topological polar surface area (TPSA) is 128 Å². The second-order valence-corrected chi connectivity index (χ2v) is 5.88. The first-order chi connectivity index (χ1) is 11.4. The smallest absolute Gasteiger partial charge is 0.327 e. The van der Waals surface area contributed by atoms with Gasteiger partial charge in [-0.1, -0.05) is 5.10 Å². The first kappa shape index (κ1) is 18.2. The Balaban J connectivity index is 2.24. The molecule has 0 aliphatic heterocycles. The highest BCUT2D eigenvalue weighted by molar-refractivity contribution is 7.16. The number of aliphatic hydroxyl groups is 1. The average molecular weight is 350 g/mol. The molecule has 0 amide bonds. The van der Waals surface area contributed by atoms with Gasteiger partial charge < -0.3 is 25.3 Å². The van der Waals surface area contributed by atoms with Crippen LogP contribution in [0.3, 0.4) is 0 Å². The van der Waals surface area contributed by atoms with E-state index in [1.165, 1.54) is 6.07 Å². The predicted octanol–water partition coefficient (Wildman–Crippen LogP) is 0.444. The number of aliphatic hydroxyl groups excluding tert-OH is 1. The number of hydrogen-bond donors (Lipinski definition) is 3. The first-order valence-electron chi connectivity index (χ1n) is 7.17.